The summed E-state index contributed by atoms with van der Waals surface area (Å²) in [6, 6.07) is 21.6. The zero-order valence-electron chi connectivity index (χ0n) is 17.7. The van der Waals surface area contributed by atoms with E-state index in [0.717, 1.165) is 38.4 Å². The van der Waals surface area contributed by atoms with Gasteiger partial charge in [0, 0.05) is 50.2 Å². The first-order valence-corrected chi connectivity index (χ1v) is 11.3. The number of hydrazone groups is 1. The second-order valence-corrected chi connectivity index (χ2v) is 8.68. The van der Waals surface area contributed by atoms with E-state index in [4.69, 9.17) is 23.2 Å². The summed E-state index contributed by atoms with van der Waals surface area (Å²) in [6.45, 7) is 0.613. The molecule has 2 N–H and O–H groups in total. The maximum atomic E-state index is 6.40. The highest BCUT2D eigenvalue weighted by Gasteiger charge is 2.10. The van der Waals surface area contributed by atoms with Gasteiger partial charge in [-0.15, -0.1) is 10.2 Å². The number of halogens is 2. The van der Waals surface area contributed by atoms with Gasteiger partial charge >= 0.3 is 0 Å². The number of fused-ring (bicyclic) bond motifs is 4. The van der Waals surface area contributed by atoms with Gasteiger partial charge in [0.1, 0.15) is 5.52 Å². The molecule has 166 valence electrons. The second-order valence-electron chi connectivity index (χ2n) is 7.84. The Balaban J connectivity index is 1.28. The number of aromatic nitrogens is 5. The van der Waals surface area contributed by atoms with E-state index < -0.39 is 0 Å². The number of nitrogens with one attached hydrogen (secondary N) is 2. The Hall–Kier alpha value is -3.94. The number of benzene rings is 3. The molecule has 3 heterocycles. The topological polar surface area (TPSA) is 83.8 Å². The van der Waals surface area contributed by atoms with E-state index >= 15 is 0 Å². The fourth-order valence-corrected chi connectivity index (χ4v) is 4.54. The SMILES string of the molecule is Clc1ccc(Cn2cc(/C=N/Nc3nnc4c(n3)[nH]c3ccccc34)c3ccccc32)c(Cl)c1. The van der Waals surface area contributed by atoms with Crippen molar-refractivity contribution < 1.29 is 0 Å². The lowest BCUT2D eigenvalue weighted by atomic mass is 10.2. The van der Waals surface area contributed by atoms with Gasteiger partial charge in [-0.1, -0.05) is 65.7 Å². The Labute approximate surface area is 204 Å². The lowest BCUT2D eigenvalue weighted by Crippen LogP contribution is -1.99. The Morgan fingerprint density at radius 2 is 1.79 bits per heavy atom. The van der Waals surface area contributed by atoms with Crippen LogP contribution in [0.4, 0.5) is 5.95 Å². The number of anilines is 1. The molecule has 3 aromatic heterocycles. The van der Waals surface area contributed by atoms with Crippen molar-refractivity contribution in [3.63, 3.8) is 0 Å². The number of hydrogen-bond acceptors (Lipinski definition) is 5. The van der Waals surface area contributed by atoms with Crippen molar-refractivity contribution in [2.75, 3.05) is 5.43 Å². The summed E-state index contributed by atoms with van der Waals surface area (Å²) in [5.41, 5.74) is 8.26. The number of H-pyrrole nitrogens is 1. The van der Waals surface area contributed by atoms with E-state index in [9.17, 15) is 0 Å². The minimum atomic E-state index is 0.312. The van der Waals surface area contributed by atoms with Gasteiger partial charge in [0.25, 0.3) is 5.95 Å². The maximum Gasteiger partial charge on any atom is 0.265 e. The molecule has 0 saturated carbocycles. The predicted octanol–water partition coefficient (Wildman–Crippen LogP) is 6.26. The van der Waals surface area contributed by atoms with Gasteiger partial charge in [-0.3, -0.25) is 0 Å². The predicted molar refractivity (Wildman–Crippen MR) is 138 cm³/mol. The average Bonchev–Trinajstić information content (AvgIpc) is 3.39. The molecule has 0 amide bonds. The monoisotopic (exact) mass is 485 g/mol. The number of nitrogens with zero attached hydrogens (tertiary/aromatic N) is 5. The van der Waals surface area contributed by atoms with Gasteiger partial charge < -0.3 is 9.55 Å². The molecule has 3 aromatic carbocycles. The standard InChI is InChI=1S/C25H17Cl2N7/c26-17-10-9-15(20(27)11-17)13-34-14-16(18-5-2-4-8-22(18)34)12-28-32-25-30-24-23(31-33-25)19-6-1-3-7-21(19)29-24/h1-12,14H,13H2,(H2,29,30,32,33)/b28-12+. The molecule has 0 atom stereocenters. The largest absolute Gasteiger partial charge is 0.342 e. The lowest BCUT2D eigenvalue weighted by molar-refractivity contribution is 0.836. The summed E-state index contributed by atoms with van der Waals surface area (Å²) in [7, 11) is 0. The maximum absolute atomic E-state index is 6.40. The van der Waals surface area contributed by atoms with Gasteiger partial charge in [0.15, 0.2) is 5.65 Å². The van der Waals surface area contributed by atoms with Crippen LogP contribution in [0.2, 0.25) is 10.0 Å². The first-order chi connectivity index (χ1) is 16.7. The fourth-order valence-electron chi connectivity index (χ4n) is 4.07. The molecular weight excluding hydrogens is 469 g/mol. The third-order valence-corrected chi connectivity index (χ3v) is 6.25. The molecule has 0 spiro atoms. The van der Waals surface area contributed by atoms with Crippen LogP contribution in [0.15, 0.2) is 78.0 Å². The summed E-state index contributed by atoms with van der Waals surface area (Å²) in [6.07, 6.45) is 3.79. The first-order valence-electron chi connectivity index (χ1n) is 10.6. The number of hydrogen-bond donors (Lipinski definition) is 2. The highest BCUT2D eigenvalue weighted by molar-refractivity contribution is 6.35. The van der Waals surface area contributed by atoms with Crippen molar-refractivity contribution in [3.8, 4) is 0 Å². The van der Waals surface area contributed by atoms with Crippen molar-refractivity contribution in [1.29, 1.82) is 0 Å². The molecule has 7 nitrogen and oxygen atoms in total. The molecule has 0 aliphatic carbocycles. The smallest absolute Gasteiger partial charge is 0.265 e. The van der Waals surface area contributed by atoms with Crippen LogP contribution in [0.5, 0.6) is 0 Å². The first kappa shape index (κ1) is 20.7. The molecule has 0 aliphatic heterocycles. The third-order valence-electron chi connectivity index (χ3n) is 5.67. The summed E-state index contributed by atoms with van der Waals surface area (Å²) in [4.78, 5) is 7.76. The van der Waals surface area contributed by atoms with Gasteiger partial charge in [-0.05, 0) is 29.8 Å². The fraction of sp³-hybridized carbons (Fsp3) is 0.0400. The molecular formula is C25H17Cl2N7. The second kappa shape index (κ2) is 8.44. The lowest BCUT2D eigenvalue weighted by Gasteiger charge is -2.08. The Bertz CT molecular complexity index is 1700. The van der Waals surface area contributed by atoms with Crippen LogP contribution in [0.25, 0.3) is 33.0 Å². The van der Waals surface area contributed by atoms with Gasteiger partial charge in [0.2, 0.25) is 0 Å². The normalized spacial score (nSPS) is 11.8. The molecule has 0 aliphatic rings. The van der Waals surface area contributed by atoms with E-state index in [1.165, 1.54) is 0 Å². The molecule has 0 bridgehead atoms. The summed E-state index contributed by atoms with van der Waals surface area (Å²) < 4.78 is 2.14. The molecule has 0 saturated heterocycles. The molecule has 6 aromatic rings. The Kier molecular flexibility index (Phi) is 5.13. The average molecular weight is 486 g/mol. The van der Waals surface area contributed by atoms with E-state index in [2.05, 4.69) is 47.4 Å². The van der Waals surface area contributed by atoms with Crippen molar-refractivity contribution in [2.24, 2.45) is 5.10 Å². The minimum Gasteiger partial charge on any atom is -0.342 e. The summed E-state index contributed by atoms with van der Waals surface area (Å²) in [5.74, 6) is 0.312. The van der Waals surface area contributed by atoms with Gasteiger partial charge in [-0.2, -0.15) is 10.1 Å². The zero-order chi connectivity index (χ0) is 23.1. The molecule has 34 heavy (non-hydrogen) atoms. The molecule has 0 unspecified atom stereocenters. The highest BCUT2D eigenvalue weighted by Crippen LogP contribution is 2.26. The molecule has 0 fully saturated rings. The number of aromatic amines is 1. The van der Waals surface area contributed by atoms with Crippen LogP contribution in [-0.4, -0.2) is 30.9 Å². The van der Waals surface area contributed by atoms with Crippen molar-refractivity contribution in [3.05, 3.63) is 94.1 Å². The van der Waals surface area contributed by atoms with E-state index in [-0.39, 0.29) is 0 Å². The Morgan fingerprint density at radius 3 is 2.68 bits per heavy atom. The van der Waals surface area contributed by atoms with Crippen LogP contribution in [0.3, 0.4) is 0 Å². The van der Waals surface area contributed by atoms with Crippen LogP contribution >= 0.6 is 23.2 Å². The zero-order valence-corrected chi connectivity index (χ0v) is 19.2. The minimum absolute atomic E-state index is 0.312. The quantitative estimate of drug-likeness (QED) is 0.223. The van der Waals surface area contributed by atoms with Crippen molar-refractivity contribution in [2.45, 2.75) is 6.54 Å². The van der Waals surface area contributed by atoms with E-state index in [0.29, 0.717) is 28.2 Å². The van der Waals surface area contributed by atoms with Crippen LogP contribution in [0.1, 0.15) is 11.1 Å². The molecule has 6 rings (SSSR count). The summed E-state index contributed by atoms with van der Waals surface area (Å²) >= 11 is 12.4. The van der Waals surface area contributed by atoms with Crippen LogP contribution < -0.4 is 5.43 Å². The van der Waals surface area contributed by atoms with Crippen molar-refractivity contribution >= 4 is 68.3 Å². The Morgan fingerprint density at radius 1 is 0.971 bits per heavy atom. The van der Waals surface area contributed by atoms with Crippen molar-refractivity contribution in [1.82, 2.24) is 24.7 Å². The molecule has 0 radical (unpaired) electrons. The summed E-state index contributed by atoms with van der Waals surface area (Å²) in [5, 5.41) is 16.1. The van der Waals surface area contributed by atoms with Crippen LogP contribution in [0, 0.1) is 0 Å². The third kappa shape index (κ3) is 3.75. The van der Waals surface area contributed by atoms with E-state index in [1.54, 1.807) is 12.3 Å². The van der Waals surface area contributed by atoms with Gasteiger partial charge in [-0.25, -0.2) is 5.43 Å². The number of rotatable bonds is 5. The highest BCUT2D eigenvalue weighted by atomic mass is 35.5. The number of para-hydroxylation sites is 2. The van der Waals surface area contributed by atoms with Crippen LogP contribution in [-0.2, 0) is 6.54 Å². The molecule has 9 heteroatoms. The van der Waals surface area contributed by atoms with E-state index in [1.807, 2.05) is 54.7 Å². The van der Waals surface area contributed by atoms with Gasteiger partial charge in [0.05, 0.1) is 6.21 Å².